The number of carbonyl (C=O) groups is 1. The minimum absolute atomic E-state index is 0.0673. The molecule has 0 spiro atoms. The van der Waals surface area contributed by atoms with Gasteiger partial charge in [0.2, 0.25) is 0 Å². The van der Waals surface area contributed by atoms with E-state index in [1.54, 1.807) is 0 Å². The molecule has 7 heteroatoms. The van der Waals surface area contributed by atoms with E-state index in [9.17, 15) is 9.90 Å². The Morgan fingerprint density at radius 2 is 2.00 bits per heavy atom. The lowest BCUT2D eigenvalue weighted by molar-refractivity contribution is -0.152. The van der Waals surface area contributed by atoms with Gasteiger partial charge in [0.05, 0.1) is 13.2 Å². The first-order valence-corrected chi connectivity index (χ1v) is 5.71. The largest absolute Gasteiger partial charge is 0.479 e. The van der Waals surface area contributed by atoms with Crippen LogP contribution in [0.1, 0.15) is 0 Å². The standard InChI is InChI=1S/C10H20N2O5/c13-8(9(14)10(15)16)7-11-1-2-12-3-5-17-6-4-12/h8-9,11,13-14H,1-7H2,(H,15,16). The molecule has 0 saturated carbocycles. The molecule has 0 bridgehead atoms. The average Bonchev–Trinajstić information content (AvgIpc) is 2.34. The van der Waals surface area contributed by atoms with Crippen LogP contribution in [0.15, 0.2) is 0 Å². The van der Waals surface area contributed by atoms with Crippen LogP contribution < -0.4 is 5.32 Å². The maximum Gasteiger partial charge on any atom is 0.335 e. The maximum absolute atomic E-state index is 10.4. The maximum atomic E-state index is 10.4. The summed E-state index contributed by atoms with van der Waals surface area (Å²) in [6.45, 7) is 4.78. The third-order valence-electron chi connectivity index (χ3n) is 2.68. The topological polar surface area (TPSA) is 102 Å². The van der Waals surface area contributed by atoms with Crippen molar-refractivity contribution >= 4 is 5.97 Å². The van der Waals surface area contributed by atoms with Gasteiger partial charge in [-0.1, -0.05) is 0 Å². The van der Waals surface area contributed by atoms with Crippen LogP contribution in [0.25, 0.3) is 0 Å². The number of carboxylic acids is 1. The Hall–Kier alpha value is -0.730. The molecule has 4 N–H and O–H groups in total. The minimum atomic E-state index is -1.73. The van der Waals surface area contributed by atoms with Gasteiger partial charge >= 0.3 is 5.97 Å². The molecule has 1 saturated heterocycles. The van der Waals surface area contributed by atoms with Crippen molar-refractivity contribution in [2.45, 2.75) is 12.2 Å². The quantitative estimate of drug-likeness (QED) is 0.376. The molecule has 0 aromatic carbocycles. The zero-order valence-electron chi connectivity index (χ0n) is 9.71. The Morgan fingerprint density at radius 3 is 2.59 bits per heavy atom. The zero-order chi connectivity index (χ0) is 12.7. The Kier molecular flexibility index (Phi) is 6.38. The number of hydrogen-bond acceptors (Lipinski definition) is 6. The van der Waals surface area contributed by atoms with Gasteiger partial charge in [-0.15, -0.1) is 0 Å². The van der Waals surface area contributed by atoms with Crippen molar-refractivity contribution in [1.82, 2.24) is 10.2 Å². The summed E-state index contributed by atoms with van der Waals surface area (Å²) in [5.41, 5.74) is 0. The fourth-order valence-electron chi connectivity index (χ4n) is 1.59. The van der Waals surface area contributed by atoms with E-state index in [0.29, 0.717) is 6.54 Å². The number of carboxylic acid groups (broad SMARTS) is 1. The number of morpholine rings is 1. The Bertz CT molecular complexity index is 233. The monoisotopic (exact) mass is 248 g/mol. The third kappa shape index (κ3) is 5.42. The van der Waals surface area contributed by atoms with Crippen LogP contribution in [0, 0.1) is 0 Å². The Morgan fingerprint density at radius 1 is 1.35 bits per heavy atom. The first kappa shape index (κ1) is 14.3. The van der Waals surface area contributed by atoms with Gasteiger partial charge < -0.3 is 25.4 Å². The van der Waals surface area contributed by atoms with Gasteiger partial charge in [0, 0.05) is 32.7 Å². The highest BCUT2D eigenvalue weighted by molar-refractivity contribution is 5.72. The molecular formula is C10H20N2O5. The van der Waals surface area contributed by atoms with Crippen LogP contribution in [-0.4, -0.2) is 84.3 Å². The van der Waals surface area contributed by atoms with Crippen LogP contribution >= 0.6 is 0 Å². The summed E-state index contributed by atoms with van der Waals surface area (Å²) in [4.78, 5) is 12.6. The second-order valence-corrected chi connectivity index (χ2v) is 4.01. The third-order valence-corrected chi connectivity index (χ3v) is 2.68. The summed E-state index contributed by atoms with van der Waals surface area (Å²) < 4.78 is 5.20. The highest BCUT2D eigenvalue weighted by Crippen LogP contribution is 1.95. The van der Waals surface area contributed by atoms with Gasteiger partial charge in [-0.2, -0.15) is 0 Å². The number of hydrogen-bond donors (Lipinski definition) is 4. The van der Waals surface area contributed by atoms with Crippen LogP contribution in [0.5, 0.6) is 0 Å². The van der Waals surface area contributed by atoms with Gasteiger partial charge in [0.15, 0.2) is 6.10 Å². The summed E-state index contributed by atoms with van der Waals surface area (Å²) in [6, 6.07) is 0. The van der Waals surface area contributed by atoms with Gasteiger partial charge in [-0.05, 0) is 0 Å². The van der Waals surface area contributed by atoms with Crippen molar-refractivity contribution in [3.05, 3.63) is 0 Å². The summed E-state index contributed by atoms with van der Waals surface area (Å²) >= 11 is 0. The molecule has 17 heavy (non-hydrogen) atoms. The van der Waals surface area contributed by atoms with Crippen molar-refractivity contribution in [2.24, 2.45) is 0 Å². The number of aliphatic hydroxyl groups excluding tert-OH is 2. The molecule has 1 aliphatic rings. The van der Waals surface area contributed by atoms with Crippen molar-refractivity contribution in [1.29, 1.82) is 0 Å². The fraction of sp³-hybridized carbons (Fsp3) is 0.900. The van der Waals surface area contributed by atoms with E-state index < -0.39 is 18.2 Å². The molecule has 1 aliphatic heterocycles. The predicted octanol–water partition coefficient (Wildman–Crippen LogP) is -2.29. The van der Waals surface area contributed by atoms with E-state index in [0.717, 1.165) is 32.8 Å². The Labute approximate surface area is 100.0 Å². The SMILES string of the molecule is O=C(O)C(O)C(O)CNCCN1CCOCC1. The lowest BCUT2D eigenvalue weighted by atomic mass is 10.2. The summed E-state index contributed by atoms with van der Waals surface area (Å²) in [7, 11) is 0. The highest BCUT2D eigenvalue weighted by Gasteiger charge is 2.22. The molecule has 0 radical (unpaired) electrons. The lowest BCUT2D eigenvalue weighted by Gasteiger charge is -2.26. The average molecular weight is 248 g/mol. The molecule has 1 heterocycles. The highest BCUT2D eigenvalue weighted by atomic mass is 16.5. The molecule has 7 nitrogen and oxygen atoms in total. The summed E-state index contributed by atoms with van der Waals surface area (Å²) in [6.07, 6.45) is -3.01. The predicted molar refractivity (Wildman–Crippen MR) is 59.8 cm³/mol. The van der Waals surface area contributed by atoms with Crippen LogP contribution in [0.2, 0.25) is 0 Å². The minimum Gasteiger partial charge on any atom is -0.479 e. The van der Waals surface area contributed by atoms with Gasteiger partial charge in [0.1, 0.15) is 6.10 Å². The molecule has 100 valence electrons. The summed E-state index contributed by atoms with van der Waals surface area (Å²) in [5, 5.41) is 29.7. The molecule has 1 fully saturated rings. The number of rotatable bonds is 7. The molecule has 2 unspecified atom stereocenters. The Balaban J connectivity index is 2.04. The van der Waals surface area contributed by atoms with Crippen molar-refractivity contribution in [3.63, 3.8) is 0 Å². The normalized spacial score (nSPS) is 21.1. The second-order valence-electron chi connectivity index (χ2n) is 4.01. The molecular weight excluding hydrogens is 228 g/mol. The number of nitrogens with one attached hydrogen (secondary N) is 1. The number of aliphatic hydroxyl groups is 2. The molecule has 0 aromatic rings. The van der Waals surface area contributed by atoms with Gasteiger partial charge in [-0.25, -0.2) is 4.79 Å². The van der Waals surface area contributed by atoms with E-state index in [-0.39, 0.29) is 6.54 Å². The van der Waals surface area contributed by atoms with E-state index in [1.807, 2.05) is 0 Å². The number of nitrogens with zero attached hydrogens (tertiary/aromatic N) is 1. The van der Waals surface area contributed by atoms with E-state index in [1.165, 1.54) is 0 Å². The number of ether oxygens (including phenoxy) is 1. The molecule has 1 rings (SSSR count). The van der Waals surface area contributed by atoms with Crippen molar-refractivity contribution < 1.29 is 24.9 Å². The smallest absolute Gasteiger partial charge is 0.335 e. The van der Waals surface area contributed by atoms with Crippen LogP contribution in [-0.2, 0) is 9.53 Å². The van der Waals surface area contributed by atoms with Crippen LogP contribution in [0.4, 0.5) is 0 Å². The van der Waals surface area contributed by atoms with E-state index >= 15 is 0 Å². The van der Waals surface area contributed by atoms with Crippen LogP contribution in [0.3, 0.4) is 0 Å². The lowest BCUT2D eigenvalue weighted by Crippen LogP contribution is -2.44. The second kappa shape index (κ2) is 7.57. The summed E-state index contributed by atoms with van der Waals surface area (Å²) in [5.74, 6) is -1.41. The van der Waals surface area contributed by atoms with Crippen molar-refractivity contribution in [2.75, 3.05) is 45.9 Å². The van der Waals surface area contributed by atoms with E-state index in [4.69, 9.17) is 14.9 Å². The van der Waals surface area contributed by atoms with E-state index in [2.05, 4.69) is 10.2 Å². The van der Waals surface area contributed by atoms with Gasteiger partial charge in [-0.3, -0.25) is 4.90 Å². The number of aliphatic carboxylic acids is 1. The first-order valence-electron chi connectivity index (χ1n) is 5.71. The van der Waals surface area contributed by atoms with Crippen molar-refractivity contribution in [3.8, 4) is 0 Å². The first-order chi connectivity index (χ1) is 8.11. The molecule has 0 amide bonds. The fourth-order valence-corrected chi connectivity index (χ4v) is 1.59. The molecule has 0 aliphatic carbocycles. The zero-order valence-corrected chi connectivity index (χ0v) is 9.71. The molecule has 0 aromatic heterocycles. The molecule has 2 atom stereocenters. The van der Waals surface area contributed by atoms with Gasteiger partial charge in [0.25, 0.3) is 0 Å².